The van der Waals surface area contributed by atoms with E-state index in [1.54, 1.807) is 0 Å². The zero-order valence-electron chi connectivity index (χ0n) is 10.8. The lowest BCUT2D eigenvalue weighted by atomic mass is 10.2. The fraction of sp³-hybridized carbons (Fsp3) is 0.133. The molecule has 0 saturated heterocycles. The molecule has 0 aliphatic heterocycles. The van der Waals surface area contributed by atoms with E-state index in [9.17, 15) is 9.50 Å². The monoisotopic (exact) mass is 334 g/mol. The Bertz CT molecular complexity index is 798. The van der Waals surface area contributed by atoms with E-state index < -0.39 is 5.82 Å². The van der Waals surface area contributed by atoms with Gasteiger partial charge < -0.3 is 9.67 Å². The highest BCUT2D eigenvalue weighted by Gasteiger charge is 2.15. The van der Waals surface area contributed by atoms with Crippen LogP contribution in [0.2, 0.25) is 0 Å². The van der Waals surface area contributed by atoms with Crippen LogP contribution in [0.5, 0.6) is 5.75 Å². The number of imidazole rings is 1. The number of fused-ring (bicyclic) bond motifs is 1. The Morgan fingerprint density at radius 3 is 2.80 bits per heavy atom. The largest absolute Gasteiger partial charge is 0.507 e. The van der Waals surface area contributed by atoms with Gasteiger partial charge in [-0.05, 0) is 43.3 Å². The van der Waals surface area contributed by atoms with Crippen LogP contribution in [0.15, 0.2) is 40.9 Å². The van der Waals surface area contributed by atoms with Gasteiger partial charge >= 0.3 is 0 Å². The van der Waals surface area contributed by atoms with E-state index in [1.165, 1.54) is 18.2 Å². The second-order valence-electron chi connectivity index (χ2n) is 4.47. The summed E-state index contributed by atoms with van der Waals surface area (Å²) in [5, 5.41) is 9.96. The number of nitrogens with zero attached hydrogens (tertiary/aromatic N) is 2. The highest BCUT2D eigenvalue weighted by atomic mass is 79.9. The fourth-order valence-electron chi connectivity index (χ4n) is 2.32. The molecular formula is C15H12BrFN2O. The normalized spacial score (nSPS) is 11.2. The number of aryl methyl sites for hydroxylation is 1. The maximum atomic E-state index is 13.4. The topological polar surface area (TPSA) is 38.0 Å². The molecule has 0 spiro atoms. The number of hydrogen-bond donors (Lipinski definition) is 1. The molecule has 3 aromatic rings. The van der Waals surface area contributed by atoms with Gasteiger partial charge in [-0.1, -0.05) is 15.9 Å². The Morgan fingerprint density at radius 1 is 1.25 bits per heavy atom. The van der Waals surface area contributed by atoms with E-state index in [4.69, 9.17) is 0 Å². The first-order valence-corrected chi connectivity index (χ1v) is 7.04. The number of benzene rings is 2. The molecular weight excluding hydrogens is 323 g/mol. The van der Waals surface area contributed by atoms with Crippen molar-refractivity contribution in [3.63, 3.8) is 0 Å². The summed E-state index contributed by atoms with van der Waals surface area (Å²) in [4.78, 5) is 4.52. The molecule has 2 aromatic carbocycles. The third-order valence-corrected chi connectivity index (χ3v) is 3.72. The van der Waals surface area contributed by atoms with Crippen molar-refractivity contribution in [1.29, 1.82) is 0 Å². The van der Waals surface area contributed by atoms with E-state index in [1.807, 2.05) is 29.7 Å². The van der Waals surface area contributed by atoms with Crippen molar-refractivity contribution >= 4 is 27.0 Å². The second-order valence-corrected chi connectivity index (χ2v) is 5.39. The van der Waals surface area contributed by atoms with Crippen molar-refractivity contribution in [3.05, 3.63) is 46.7 Å². The number of aromatic nitrogens is 2. The summed E-state index contributed by atoms with van der Waals surface area (Å²) in [6.07, 6.45) is 0. The molecule has 0 amide bonds. The summed E-state index contributed by atoms with van der Waals surface area (Å²) in [7, 11) is 0. The molecule has 0 unspecified atom stereocenters. The average molecular weight is 335 g/mol. The number of rotatable bonds is 2. The summed E-state index contributed by atoms with van der Waals surface area (Å²) >= 11 is 3.41. The number of aromatic hydroxyl groups is 1. The van der Waals surface area contributed by atoms with E-state index in [-0.39, 0.29) is 5.75 Å². The predicted octanol–water partition coefficient (Wildman–Crippen LogP) is 4.33. The second kappa shape index (κ2) is 4.90. The molecule has 0 saturated carbocycles. The first kappa shape index (κ1) is 13.1. The van der Waals surface area contributed by atoms with Crippen molar-refractivity contribution in [1.82, 2.24) is 9.55 Å². The van der Waals surface area contributed by atoms with Crippen LogP contribution in [-0.2, 0) is 6.54 Å². The Labute approximate surface area is 123 Å². The Morgan fingerprint density at radius 2 is 2.05 bits per heavy atom. The van der Waals surface area contributed by atoms with Crippen molar-refractivity contribution in [2.24, 2.45) is 0 Å². The van der Waals surface area contributed by atoms with Crippen molar-refractivity contribution in [2.75, 3.05) is 0 Å². The lowest BCUT2D eigenvalue weighted by molar-refractivity contribution is 0.474. The zero-order chi connectivity index (χ0) is 14.3. The number of halogens is 2. The maximum absolute atomic E-state index is 13.4. The van der Waals surface area contributed by atoms with E-state index in [2.05, 4.69) is 20.9 Å². The summed E-state index contributed by atoms with van der Waals surface area (Å²) < 4.78 is 16.3. The standard InChI is InChI=1S/C15H12BrFN2O/c1-2-19-13-5-3-9(16)7-12(13)18-15(19)11-8-10(17)4-6-14(11)20/h3-8,20H,2H2,1H3. The lowest BCUT2D eigenvalue weighted by Crippen LogP contribution is -1.98. The summed E-state index contributed by atoms with van der Waals surface area (Å²) in [6.45, 7) is 2.67. The van der Waals surface area contributed by atoms with Crippen LogP contribution >= 0.6 is 15.9 Å². The molecule has 3 nitrogen and oxygen atoms in total. The fourth-order valence-corrected chi connectivity index (χ4v) is 2.67. The number of phenolic OH excluding ortho intramolecular Hbond substituents is 1. The first-order chi connectivity index (χ1) is 9.60. The summed E-state index contributed by atoms with van der Waals surface area (Å²) in [6, 6.07) is 9.68. The average Bonchev–Trinajstić information content (AvgIpc) is 2.78. The van der Waals surface area contributed by atoms with Crippen LogP contribution in [0.3, 0.4) is 0 Å². The van der Waals surface area contributed by atoms with Gasteiger partial charge in [-0.2, -0.15) is 0 Å². The van der Waals surface area contributed by atoms with Gasteiger partial charge in [0, 0.05) is 11.0 Å². The molecule has 1 aromatic heterocycles. The first-order valence-electron chi connectivity index (χ1n) is 6.25. The van der Waals surface area contributed by atoms with Gasteiger partial charge in [-0.3, -0.25) is 0 Å². The molecule has 3 rings (SSSR count). The zero-order valence-corrected chi connectivity index (χ0v) is 12.4. The quantitative estimate of drug-likeness (QED) is 0.757. The maximum Gasteiger partial charge on any atom is 0.144 e. The van der Waals surface area contributed by atoms with Crippen LogP contribution < -0.4 is 0 Å². The molecule has 0 atom stereocenters. The van der Waals surface area contributed by atoms with Crippen molar-refractivity contribution < 1.29 is 9.50 Å². The summed E-state index contributed by atoms with van der Waals surface area (Å²) in [5.74, 6) is 0.196. The van der Waals surface area contributed by atoms with Crippen LogP contribution in [-0.4, -0.2) is 14.7 Å². The van der Waals surface area contributed by atoms with Crippen molar-refractivity contribution in [3.8, 4) is 17.1 Å². The van der Waals surface area contributed by atoms with Crippen LogP contribution in [0.25, 0.3) is 22.4 Å². The van der Waals surface area contributed by atoms with E-state index in [0.717, 1.165) is 15.5 Å². The molecule has 0 fully saturated rings. The highest BCUT2D eigenvalue weighted by Crippen LogP contribution is 2.32. The number of hydrogen-bond acceptors (Lipinski definition) is 2. The third-order valence-electron chi connectivity index (χ3n) is 3.23. The molecule has 102 valence electrons. The minimum absolute atomic E-state index is 0.0236. The van der Waals surface area contributed by atoms with Crippen LogP contribution in [0, 0.1) is 5.82 Å². The highest BCUT2D eigenvalue weighted by molar-refractivity contribution is 9.10. The molecule has 20 heavy (non-hydrogen) atoms. The van der Waals surface area contributed by atoms with Gasteiger partial charge in [-0.15, -0.1) is 0 Å². The van der Waals surface area contributed by atoms with Gasteiger partial charge in [0.2, 0.25) is 0 Å². The molecule has 0 bridgehead atoms. The van der Waals surface area contributed by atoms with Gasteiger partial charge in [0.05, 0.1) is 16.6 Å². The Kier molecular flexibility index (Phi) is 3.22. The van der Waals surface area contributed by atoms with Gasteiger partial charge in [0.15, 0.2) is 0 Å². The molecule has 0 aliphatic carbocycles. The van der Waals surface area contributed by atoms with Crippen molar-refractivity contribution in [2.45, 2.75) is 13.5 Å². The molecule has 1 heterocycles. The lowest BCUT2D eigenvalue weighted by Gasteiger charge is -2.07. The molecule has 0 radical (unpaired) electrons. The smallest absolute Gasteiger partial charge is 0.144 e. The minimum Gasteiger partial charge on any atom is -0.507 e. The molecule has 0 aliphatic rings. The van der Waals surface area contributed by atoms with Gasteiger partial charge in [0.1, 0.15) is 17.4 Å². The third kappa shape index (κ3) is 2.08. The van der Waals surface area contributed by atoms with Gasteiger partial charge in [0.25, 0.3) is 0 Å². The van der Waals surface area contributed by atoms with E-state index in [0.29, 0.717) is 17.9 Å². The Balaban J connectivity index is 2.32. The predicted molar refractivity (Wildman–Crippen MR) is 80.2 cm³/mol. The Hall–Kier alpha value is -1.88. The number of phenols is 1. The minimum atomic E-state index is -0.395. The van der Waals surface area contributed by atoms with Crippen LogP contribution in [0.4, 0.5) is 4.39 Å². The van der Waals surface area contributed by atoms with Gasteiger partial charge in [-0.25, -0.2) is 9.37 Å². The van der Waals surface area contributed by atoms with E-state index >= 15 is 0 Å². The molecule has 1 N–H and O–H groups in total. The van der Waals surface area contributed by atoms with Crippen LogP contribution in [0.1, 0.15) is 6.92 Å². The summed E-state index contributed by atoms with van der Waals surface area (Å²) in [5.41, 5.74) is 2.16. The SMILES string of the molecule is CCn1c(-c2cc(F)ccc2O)nc2cc(Br)ccc21. The molecule has 5 heteroatoms.